The van der Waals surface area contributed by atoms with Crippen LogP contribution in [0.3, 0.4) is 0 Å². The SMILES string of the molecule is O=C(NS(=O)(=O)c1ccc(Cl)cc1)[C@H]1CSCN1C(=O)c1ccc(Cl)cc1. The highest BCUT2D eigenvalue weighted by Gasteiger charge is 2.37. The van der Waals surface area contributed by atoms with E-state index in [-0.39, 0.29) is 10.8 Å². The third-order valence-corrected chi connectivity index (χ3v) is 6.77. The molecule has 0 aliphatic carbocycles. The van der Waals surface area contributed by atoms with E-state index < -0.39 is 22.0 Å². The summed E-state index contributed by atoms with van der Waals surface area (Å²) in [5, 5.41) is 0.873. The Kier molecular flexibility index (Phi) is 6.00. The second-order valence-electron chi connectivity index (χ2n) is 5.72. The molecule has 3 rings (SSSR count). The van der Waals surface area contributed by atoms with Gasteiger partial charge in [-0.25, -0.2) is 13.1 Å². The molecule has 142 valence electrons. The molecule has 1 heterocycles. The minimum absolute atomic E-state index is 0.0820. The molecule has 1 aliphatic heterocycles. The number of benzene rings is 2. The average molecular weight is 445 g/mol. The van der Waals surface area contributed by atoms with Gasteiger partial charge in [-0.2, -0.15) is 0 Å². The second-order valence-corrected chi connectivity index (χ2v) is 9.28. The fraction of sp³-hybridized carbons (Fsp3) is 0.176. The third kappa shape index (κ3) is 4.57. The second kappa shape index (κ2) is 8.10. The van der Waals surface area contributed by atoms with Gasteiger partial charge in [-0.3, -0.25) is 9.59 Å². The van der Waals surface area contributed by atoms with Crippen molar-refractivity contribution in [2.45, 2.75) is 10.9 Å². The fourth-order valence-electron chi connectivity index (χ4n) is 2.49. The highest BCUT2D eigenvalue weighted by atomic mass is 35.5. The maximum absolute atomic E-state index is 12.7. The van der Waals surface area contributed by atoms with Gasteiger partial charge in [0.2, 0.25) is 0 Å². The summed E-state index contributed by atoms with van der Waals surface area (Å²) in [4.78, 5) is 26.5. The monoisotopic (exact) mass is 444 g/mol. The van der Waals surface area contributed by atoms with Crippen LogP contribution in [0.2, 0.25) is 10.0 Å². The van der Waals surface area contributed by atoms with Crippen molar-refractivity contribution < 1.29 is 18.0 Å². The number of carbonyl (C=O) groups excluding carboxylic acids is 2. The van der Waals surface area contributed by atoms with Crippen molar-refractivity contribution >= 4 is 56.8 Å². The molecule has 10 heteroatoms. The zero-order chi connectivity index (χ0) is 19.6. The Labute approximate surface area is 170 Å². The molecule has 0 aromatic heterocycles. The minimum atomic E-state index is -4.06. The summed E-state index contributed by atoms with van der Waals surface area (Å²) in [7, 11) is -4.06. The van der Waals surface area contributed by atoms with Gasteiger partial charge >= 0.3 is 0 Å². The Morgan fingerprint density at radius 1 is 1.00 bits per heavy atom. The number of carbonyl (C=O) groups is 2. The summed E-state index contributed by atoms with van der Waals surface area (Å²) in [6, 6.07) is 10.8. The Hall–Kier alpha value is -1.74. The predicted molar refractivity (Wildman–Crippen MR) is 106 cm³/mol. The lowest BCUT2D eigenvalue weighted by atomic mass is 10.1. The normalized spacial score (nSPS) is 17.0. The molecule has 0 unspecified atom stereocenters. The smallest absolute Gasteiger partial charge is 0.264 e. The number of hydrogen-bond acceptors (Lipinski definition) is 5. The summed E-state index contributed by atoms with van der Waals surface area (Å²) in [6.45, 7) is 0. The molecular weight excluding hydrogens is 431 g/mol. The molecule has 0 spiro atoms. The van der Waals surface area contributed by atoms with E-state index in [9.17, 15) is 18.0 Å². The highest BCUT2D eigenvalue weighted by molar-refractivity contribution is 7.99. The number of nitrogens with one attached hydrogen (secondary N) is 1. The van der Waals surface area contributed by atoms with Crippen LogP contribution in [-0.2, 0) is 14.8 Å². The van der Waals surface area contributed by atoms with Crippen molar-refractivity contribution in [3.8, 4) is 0 Å². The summed E-state index contributed by atoms with van der Waals surface area (Å²) >= 11 is 13.0. The van der Waals surface area contributed by atoms with Crippen molar-refractivity contribution in [2.75, 3.05) is 11.6 Å². The van der Waals surface area contributed by atoms with Gasteiger partial charge in [0.15, 0.2) is 0 Å². The first kappa shape index (κ1) is 20.0. The lowest BCUT2D eigenvalue weighted by Crippen LogP contribution is -2.48. The van der Waals surface area contributed by atoms with E-state index in [0.717, 1.165) is 0 Å². The molecule has 2 amide bonds. The van der Waals surface area contributed by atoms with Crippen LogP contribution >= 0.6 is 35.0 Å². The van der Waals surface area contributed by atoms with E-state index in [4.69, 9.17) is 23.2 Å². The lowest BCUT2D eigenvalue weighted by Gasteiger charge is -2.23. The van der Waals surface area contributed by atoms with Crippen molar-refractivity contribution in [3.63, 3.8) is 0 Å². The van der Waals surface area contributed by atoms with Crippen molar-refractivity contribution in [2.24, 2.45) is 0 Å². The standard InChI is InChI=1S/C17H14Cl2N2O4S2/c18-12-3-1-11(2-4-12)17(23)21-10-26-9-15(21)16(22)20-27(24,25)14-7-5-13(19)6-8-14/h1-8,15H,9-10H2,(H,20,22)/t15-/m1/s1. The van der Waals surface area contributed by atoms with E-state index in [1.54, 1.807) is 24.3 Å². The van der Waals surface area contributed by atoms with Gasteiger partial charge in [-0.1, -0.05) is 23.2 Å². The quantitative estimate of drug-likeness (QED) is 0.783. The summed E-state index contributed by atoms with van der Waals surface area (Å²) < 4.78 is 26.8. The van der Waals surface area contributed by atoms with Crippen LogP contribution in [0.25, 0.3) is 0 Å². The molecule has 1 aliphatic rings. The lowest BCUT2D eigenvalue weighted by molar-refractivity contribution is -0.122. The van der Waals surface area contributed by atoms with Crippen LogP contribution in [0, 0.1) is 0 Å². The maximum Gasteiger partial charge on any atom is 0.264 e. The fourth-order valence-corrected chi connectivity index (χ4v) is 4.91. The van der Waals surface area contributed by atoms with Crippen LogP contribution in [0.1, 0.15) is 10.4 Å². The average Bonchev–Trinajstić information content (AvgIpc) is 3.11. The zero-order valence-electron chi connectivity index (χ0n) is 13.8. The molecule has 0 saturated carbocycles. The van der Waals surface area contributed by atoms with Gasteiger partial charge in [0.05, 0.1) is 10.8 Å². The van der Waals surface area contributed by atoms with Crippen LogP contribution < -0.4 is 4.72 Å². The number of rotatable bonds is 4. The number of halogens is 2. The number of nitrogens with zero attached hydrogens (tertiary/aromatic N) is 1. The molecule has 1 N–H and O–H groups in total. The van der Waals surface area contributed by atoms with Crippen LogP contribution in [0.4, 0.5) is 0 Å². The number of hydrogen-bond donors (Lipinski definition) is 1. The molecular formula is C17H14Cl2N2O4S2. The Morgan fingerprint density at radius 3 is 2.15 bits per heavy atom. The van der Waals surface area contributed by atoms with Crippen molar-refractivity contribution in [1.29, 1.82) is 0 Å². The van der Waals surface area contributed by atoms with Crippen molar-refractivity contribution in [1.82, 2.24) is 9.62 Å². The molecule has 0 radical (unpaired) electrons. The van der Waals surface area contributed by atoms with Gasteiger partial charge in [0.1, 0.15) is 6.04 Å². The van der Waals surface area contributed by atoms with E-state index in [1.165, 1.54) is 40.9 Å². The largest absolute Gasteiger partial charge is 0.316 e. The van der Waals surface area contributed by atoms with E-state index in [0.29, 0.717) is 27.2 Å². The summed E-state index contributed by atoms with van der Waals surface area (Å²) in [5.74, 6) is -0.514. The number of sulfonamides is 1. The molecule has 2 aromatic carbocycles. The van der Waals surface area contributed by atoms with Crippen LogP contribution in [-0.4, -0.2) is 42.8 Å². The number of thioether (sulfide) groups is 1. The Bertz CT molecular complexity index is 963. The summed E-state index contributed by atoms with van der Waals surface area (Å²) in [5.41, 5.74) is 0.375. The number of amides is 2. The maximum atomic E-state index is 12.7. The molecule has 2 aromatic rings. The molecule has 1 atom stereocenters. The molecule has 1 fully saturated rings. The topological polar surface area (TPSA) is 83.6 Å². The Balaban J connectivity index is 1.76. The summed E-state index contributed by atoms with van der Waals surface area (Å²) in [6.07, 6.45) is 0. The van der Waals surface area contributed by atoms with E-state index >= 15 is 0 Å². The molecule has 1 saturated heterocycles. The van der Waals surface area contributed by atoms with Gasteiger partial charge < -0.3 is 4.90 Å². The van der Waals surface area contributed by atoms with Crippen molar-refractivity contribution in [3.05, 3.63) is 64.1 Å². The van der Waals surface area contributed by atoms with Crippen LogP contribution in [0.5, 0.6) is 0 Å². The molecule has 27 heavy (non-hydrogen) atoms. The minimum Gasteiger partial charge on any atom is -0.316 e. The molecule has 0 bridgehead atoms. The zero-order valence-corrected chi connectivity index (χ0v) is 16.9. The Morgan fingerprint density at radius 2 is 1.56 bits per heavy atom. The highest BCUT2D eigenvalue weighted by Crippen LogP contribution is 2.24. The first-order valence-corrected chi connectivity index (χ1v) is 11.1. The molecule has 6 nitrogen and oxygen atoms in total. The van der Waals surface area contributed by atoms with Gasteiger partial charge in [0.25, 0.3) is 21.8 Å². The first-order chi connectivity index (χ1) is 12.8. The predicted octanol–water partition coefficient (Wildman–Crippen LogP) is 3.01. The van der Waals surface area contributed by atoms with E-state index in [1.807, 2.05) is 4.72 Å². The van der Waals surface area contributed by atoms with Crippen LogP contribution in [0.15, 0.2) is 53.4 Å². The third-order valence-electron chi connectivity index (χ3n) is 3.90. The van der Waals surface area contributed by atoms with E-state index in [2.05, 4.69) is 0 Å². The first-order valence-electron chi connectivity index (χ1n) is 7.74. The van der Waals surface area contributed by atoms with Gasteiger partial charge in [-0.05, 0) is 48.5 Å². The van der Waals surface area contributed by atoms with Gasteiger partial charge in [-0.15, -0.1) is 11.8 Å². The van der Waals surface area contributed by atoms with Gasteiger partial charge in [0, 0.05) is 21.4 Å².